The molecule has 708 valence electrons. The van der Waals surface area contributed by atoms with Crippen LogP contribution in [-0.2, 0) is 115 Å². The van der Waals surface area contributed by atoms with Gasteiger partial charge in [-0.15, -0.1) is 11.8 Å². The first-order valence-electron chi connectivity index (χ1n) is 44.1. The van der Waals surface area contributed by atoms with Crippen LogP contribution in [-0.4, -0.2) is 272 Å². The number of nitrogens with two attached hydrogens (primary N) is 1. The second-order valence-electron chi connectivity index (χ2n) is 34.2. The minimum atomic E-state index is -1.91. The molecule has 0 saturated carbocycles. The van der Waals surface area contributed by atoms with Gasteiger partial charge in [0.25, 0.3) is 0 Å². The number of hydrogen-bond donors (Lipinski definition) is 14. The molecule has 1 fully saturated rings. The van der Waals surface area contributed by atoms with Crippen LogP contribution in [0.25, 0.3) is 21.7 Å². The van der Waals surface area contributed by atoms with Crippen molar-refractivity contribution in [2.45, 2.75) is 172 Å². The van der Waals surface area contributed by atoms with Crippen LogP contribution in [0.15, 0.2) is 182 Å². The molecule has 0 radical (unpaired) electrons. The molecule has 36 heteroatoms. The SMILES string of the molecule is CCCC[C@H]1C(=O)N(C)CC(=O)NC(CC(=O)O)C(=O)N[C@@H](C(C)C)C(=O)N(C)[C@@H](Cc2ccccc2)C(=O)N[C@@H](Cc2ccc(O)cc2)C(=O)N(C)CC(=O)N[C@@H](Cc2c[nH]c3ccccc23)C(=O)N[C@@H](Cc2ccc(O)cc2)C(=O)N[C@@H](CC(C)C)C(=O)N[C@H](C(=O)NCC(N)=O)CSCC(=O)N[C@@H](Cc2cccc3ccccc23)C(=O)N(C)[C@@H](Cc2ccccc2)C(=O)N1C. The number of carbonyl (C=O) groups is 16. The summed E-state index contributed by atoms with van der Waals surface area (Å²) < 4.78 is 0. The Labute approximate surface area is 776 Å². The normalized spacial score (nSPS) is 21.6. The second-order valence-corrected chi connectivity index (χ2v) is 35.2. The van der Waals surface area contributed by atoms with E-state index in [2.05, 4.69) is 52.8 Å². The Kier molecular flexibility index (Phi) is 37.9. The molecular formula is C97H120N16O19S. The molecule has 1 aliphatic heterocycles. The number of para-hydroxylation sites is 1. The second kappa shape index (κ2) is 49.2. The van der Waals surface area contributed by atoms with Gasteiger partial charge < -0.3 is 98.4 Å². The van der Waals surface area contributed by atoms with E-state index in [0.717, 1.165) is 37.2 Å². The van der Waals surface area contributed by atoms with E-state index in [1.165, 1.54) is 93.6 Å². The van der Waals surface area contributed by atoms with Gasteiger partial charge in [0.05, 0.1) is 31.8 Å². The van der Waals surface area contributed by atoms with Crippen LogP contribution in [0.4, 0.5) is 0 Å². The molecule has 11 atom stereocenters. The zero-order valence-electron chi connectivity index (χ0n) is 76.2. The maximum atomic E-state index is 15.8. The number of aromatic amines is 1. The number of phenols is 2. The van der Waals surface area contributed by atoms with Gasteiger partial charge >= 0.3 is 5.97 Å². The summed E-state index contributed by atoms with van der Waals surface area (Å²) in [6.07, 6.45) is 0.0197. The lowest BCUT2D eigenvalue weighted by molar-refractivity contribution is -0.151. The Bertz CT molecular complexity index is 5450. The summed E-state index contributed by atoms with van der Waals surface area (Å²) in [5, 5.41) is 57.3. The van der Waals surface area contributed by atoms with Crippen LogP contribution < -0.4 is 53.6 Å². The molecule has 1 aliphatic rings. The predicted molar refractivity (Wildman–Crippen MR) is 500 cm³/mol. The molecule has 0 bridgehead atoms. The van der Waals surface area contributed by atoms with Crippen molar-refractivity contribution >= 4 is 128 Å². The van der Waals surface area contributed by atoms with E-state index in [1.807, 2.05) is 31.2 Å². The molecule has 1 aromatic heterocycles. The standard InChI is InChI=1S/C97H120N16O19S/c1-11-12-34-78-95(130)110(7)54-83(118)102-74(50-85(120)121)91(126)108-86(58(4)5)97(132)112(9)79(46-59-24-15-13-16-25-59)92(127)106-75(45-62-37-41-67(115)42-38-62)93(128)109(6)53-82(117)101-73(49-65-51-99-70-33-22-21-32-69(65)70)90(125)105-72(44-61-35-39-66(114)40-36-61)89(124)104-71(43-57(2)3)88(123)107-77(87(122)100-52-81(98)116)55-133-56-84(119)103-76(48-64-30-23-29-63-28-19-20-31-68(63)64)94(129)113(10)80(96(131)111(78)8)47-60-26-17-14-18-27-60/h13-33,35-42,51,57-58,71-80,86,99,114-115H,11-12,34,43-50,52-56H2,1-10H3,(H2,98,116)(H,100,122)(H,101,117)(H,102,118)(H,103,119)(H,104,124)(H,105,125)(H,106,127)(H,107,123)(H,108,126)(H,120,121)/t71-,72-,73-,74?,75-,76-,77-,78-,79-,80-,86-/m0/s1. The number of H-pyrrole nitrogens is 1. The molecule has 9 rings (SSSR count). The minimum absolute atomic E-state index is 0.0230. The van der Waals surface area contributed by atoms with Crippen LogP contribution in [0.1, 0.15) is 100 Å². The highest BCUT2D eigenvalue weighted by atomic mass is 32.2. The summed E-state index contributed by atoms with van der Waals surface area (Å²) >= 11 is 0.832. The maximum Gasteiger partial charge on any atom is 0.305 e. The van der Waals surface area contributed by atoms with Gasteiger partial charge in [-0.1, -0.05) is 193 Å². The van der Waals surface area contributed by atoms with Crippen molar-refractivity contribution in [3.05, 3.63) is 216 Å². The molecule has 15 amide bonds. The van der Waals surface area contributed by atoms with Gasteiger partial charge in [-0.3, -0.25) is 76.7 Å². The predicted octanol–water partition coefficient (Wildman–Crippen LogP) is 3.48. The van der Waals surface area contributed by atoms with E-state index in [1.54, 1.807) is 137 Å². The van der Waals surface area contributed by atoms with Crippen molar-refractivity contribution in [1.29, 1.82) is 0 Å². The van der Waals surface area contributed by atoms with Crippen molar-refractivity contribution in [1.82, 2.24) is 77.3 Å². The minimum Gasteiger partial charge on any atom is -0.508 e. The lowest BCUT2D eigenvalue weighted by Gasteiger charge is -2.37. The van der Waals surface area contributed by atoms with Crippen LogP contribution in [0, 0.1) is 11.8 Å². The number of carbonyl (C=O) groups excluding carboxylic acids is 15. The monoisotopic (exact) mass is 1840 g/mol. The van der Waals surface area contributed by atoms with Gasteiger partial charge in [-0.05, 0) is 99.2 Å². The first-order valence-corrected chi connectivity index (χ1v) is 45.2. The number of carboxylic acid groups (broad SMARTS) is 1. The molecule has 1 saturated heterocycles. The molecule has 2 heterocycles. The summed E-state index contributed by atoms with van der Waals surface area (Å²) in [6, 6.07) is 31.3. The lowest BCUT2D eigenvalue weighted by Crippen LogP contribution is -2.61. The number of nitrogens with one attached hydrogen (secondary N) is 10. The number of hydrogen-bond acceptors (Lipinski definition) is 19. The largest absolute Gasteiger partial charge is 0.508 e. The number of unbranched alkanes of at least 4 members (excludes halogenated alkanes) is 1. The summed E-state index contributed by atoms with van der Waals surface area (Å²) in [5.41, 5.74) is 9.16. The molecule has 0 aliphatic carbocycles. The third-order valence-corrected chi connectivity index (χ3v) is 24.1. The number of likely N-dealkylation sites (N-methyl/N-ethyl adjacent to an activating group) is 5. The summed E-state index contributed by atoms with van der Waals surface area (Å²) in [6.45, 7) is 6.17. The Balaban J connectivity index is 1.12. The van der Waals surface area contributed by atoms with Crippen molar-refractivity contribution in [2.75, 3.05) is 66.4 Å². The van der Waals surface area contributed by atoms with Gasteiger partial charge in [0.2, 0.25) is 88.6 Å². The van der Waals surface area contributed by atoms with Crippen molar-refractivity contribution in [2.24, 2.45) is 17.6 Å². The van der Waals surface area contributed by atoms with Gasteiger partial charge in [-0.25, -0.2) is 0 Å². The third kappa shape index (κ3) is 29.9. The fourth-order valence-corrected chi connectivity index (χ4v) is 16.6. The van der Waals surface area contributed by atoms with Gasteiger partial charge in [-0.2, -0.15) is 0 Å². The Morgan fingerprint density at radius 3 is 1.51 bits per heavy atom. The summed E-state index contributed by atoms with van der Waals surface area (Å²) in [4.78, 5) is 245. The molecule has 8 aromatic rings. The lowest BCUT2D eigenvalue weighted by atomic mass is 9.96. The van der Waals surface area contributed by atoms with E-state index >= 15 is 43.2 Å². The zero-order chi connectivity index (χ0) is 96.9. The molecular weight excluding hydrogens is 1730 g/mol. The number of phenolic OH excluding ortho intramolecular Hbond substituents is 2. The highest BCUT2D eigenvalue weighted by Crippen LogP contribution is 2.27. The Morgan fingerprint density at radius 2 is 0.925 bits per heavy atom. The number of thioether (sulfide) groups is 1. The number of rotatable bonds is 23. The van der Waals surface area contributed by atoms with Crippen molar-refractivity contribution in [3.8, 4) is 11.5 Å². The summed E-state index contributed by atoms with van der Waals surface area (Å²) in [5.74, 6) is -17.5. The number of nitrogens with zero attached hydrogens (tertiary/aromatic N) is 5. The average Bonchev–Trinajstić information content (AvgIpc) is 1.69. The molecule has 35 nitrogen and oxygen atoms in total. The number of aromatic nitrogens is 1. The van der Waals surface area contributed by atoms with Crippen LogP contribution >= 0.6 is 11.8 Å². The topological polar surface area (TPSA) is 500 Å². The van der Waals surface area contributed by atoms with E-state index in [0.29, 0.717) is 57.1 Å². The van der Waals surface area contributed by atoms with Gasteiger partial charge in [0, 0.05) is 96.6 Å². The van der Waals surface area contributed by atoms with Gasteiger partial charge in [0.1, 0.15) is 78.0 Å². The number of benzene rings is 7. The number of amides is 15. The number of fused-ring (bicyclic) bond motifs is 2. The number of primary amides is 1. The average molecular weight is 1850 g/mol. The third-order valence-electron chi connectivity index (χ3n) is 23.1. The quantitative estimate of drug-likeness (QED) is 0.0436. The fourth-order valence-electron chi connectivity index (χ4n) is 15.8. The van der Waals surface area contributed by atoms with E-state index in [-0.39, 0.29) is 68.8 Å². The highest BCUT2D eigenvalue weighted by Gasteiger charge is 2.42. The Hall–Kier alpha value is -14.2. The number of aliphatic carboxylic acids is 1. The molecule has 15 N–H and O–H groups in total. The van der Waals surface area contributed by atoms with Crippen molar-refractivity contribution in [3.63, 3.8) is 0 Å². The summed E-state index contributed by atoms with van der Waals surface area (Å²) in [7, 11) is 6.56. The number of aromatic hydroxyl groups is 2. The zero-order valence-corrected chi connectivity index (χ0v) is 77.1. The van der Waals surface area contributed by atoms with Crippen LogP contribution in [0.3, 0.4) is 0 Å². The fraction of sp³-hybridized carbons (Fsp3) is 0.402. The number of carboxylic acids is 1. The first-order chi connectivity index (χ1) is 63.4. The van der Waals surface area contributed by atoms with Crippen molar-refractivity contribution < 1.29 is 92.0 Å². The Morgan fingerprint density at radius 1 is 0.451 bits per heavy atom. The molecule has 1 unspecified atom stereocenters. The van der Waals surface area contributed by atoms with E-state index in [4.69, 9.17) is 5.73 Å². The van der Waals surface area contributed by atoms with Crippen LogP contribution in [0.5, 0.6) is 11.5 Å². The van der Waals surface area contributed by atoms with E-state index in [9.17, 15) is 48.9 Å². The first kappa shape index (κ1) is 103. The maximum absolute atomic E-state index is 15.8. The van der Waals surface area contributed by atoms with E-state index < -0.39 is 205 Å². The highest BCUT2D eigenvalue weighted by molar-refractivity contribution is 8.00. The van der Waals surface area contributed by atoms with Gasteiger partial charge in [0.15, 0.2) is 0 Å². The van der Waals surface area contributed by atoms with Crippen LogP contribution in [0.2, 0.25) is 0 Å². The molecule has 133 heavy (non-hydrogen) atoms. The molecule has 0 spiro atoms. The molecule has 7 aromatic carbocycles. The smallest absolute Gasteiger partial charge is 0.305 e.